The Labute approximate surface area is 116 Å². The summed E-state index contributed by atoms with van der Waals surface area (Å²) in [5.74, 6) is 0. The molecular formula is C13H17BrClNO. The highest BCUT2D eigenvalue weighted by molar-refractivity contribution is 9.08. The van der Waals surface area contributed by atoms with E-state index < -0.39 is 0 Å². The minimum absolute atomic E-state index is 0.0137. The molecule has 4 heteroatoms. The molecule has 17 heavy (non-hydrogen) atoms. The number of benzene rings is 1. The molecule has 0 bridgehead atoms. The molecule has 0 atom stereocenters. The number of halogens is 2. The summed E-state index contributed by atoms with van der Waals surface area (Å²) in [5, 5.41) is 1.59. The Morgan fingerprint density at radius 2 is 2.24 bits per heavy atom. The lowest BCUT2D eigenvalue weighted by atomic mass is 10.00. The van der Waals surface area contributed by atoms with Gasteiger partial charge in [0.15, 0.2) is 0 Å². The lowest BCUT2D eigenvalue weighted by Crippen LogP contribution is -2.53. The SMILES string of the molecule is CC1(C)COCCN1c1cccc(Cl)c1CBr. The van der Waals surface area contributed by atoms with Crippen molar-refractivity contribution in [3.63, 3.8) is 0 Å². The van der Waals surface area contributed by atoms with Gasteiger partial charge in [-0.25, -0.2) is 0 Å². The van der Waals surface area contributed by atoms with Gasteiger partial charge in [-0.15, -0.1) is 0 Å². The van der Waals surface area contributed by atoms with Crippen LogP contribution in [0, 0.1) is 0 Å². The molecule has 2 rings (SSSR count). The number of morpholine rings is 1. The second-order valence-electron chi connectivity index (χ2n) is 4.89. The van der Waals surface area contributed by atoms with E-state index >= 15 is 0 Å². The van der Waals surface area contributed by atoms with Crippen molar-refractivity contribution < 1.29 is 4.74 Å². The van der Waals surface area contributed by atoms with Crippen LogP contribution in [0.2, 0.25) is 5.02 Å². The summed E-state index contributed by atoms with van der Waals surface area (Å²) >= 11 is 9.77. The third-order valence-electron chi connectivity index (χ3n) is 3.16. The van der Waals surface area contributed by atoms with Crippen molar-refractivity contribution in [2.45, 2.75) is 24.7 Å². The number of nitrogens with zero attached hydrogens (tertiary/aromatic N) is 1. The normalized spacial score (nSPS) is 19.4. The van der Waals surface area contributed by atoms with Crippen LogP contribution in [0.3, 0.4) is 0 Å². The van der Waals surface area contributed by atoms with Crippen molar-refractivity contribution in [3.05, 3.63) is 28.8 Å². The van der Waals surface area contributed by atoms with E-state index in [1.54, 1.807) is 0 Å². The fourth-order valence-electron chi connectivity index (χ4n) is 2.24. The Balaban J connectivity index is 2.42. The molecule has 0 unspecified atom stereocenters. The van der Waals surface area contributed by atoms with Crippen molar-refractivity contribution in [2.24, 2.45) is 0 Å². The van der Waals surface area contributed by atoms with Crippen molar-refractivity contribution in [1.82, 2.24) is 0 Å². The molecular weight excluding hydrogens is 302 g/mol. The van der Waals surface area contributed by atoms with E-state index in [0.29, 0.717) is 0 Å². The predicted molar refractivity (Wildman–Crippen MR) is 76.3 cm³/mol. The molecule has 0 N–H and O–H groups in total. The van der Waals surface area contributed by atoms with Crippen LogP contribution in [-0.4, -0.2) is 25.3 Å². The topological polar surface area (TPSA) is 12.5 Å². The summed E-state index contributed by atoms with van der Waals surface area (Å²) in [4.78, 5) is 2.39. The predicted octanol–water partition coefficient (Wildman–Crippen LogP) is 3.85. The average molecular weight is 319 g/mol. The minimum atomic E-state index is 0.0137. The maximum absolute atomic E-state index is 6.25. The van der Waals surface area contributed by atoms with Crippen molar-refractivity contribution in [3.8, 4) is 0 Å². The van der Waals surface area contributed by atoms with Crippen LogP contribution < -0.4 is 4.90 Å². The largest absolute Gasteiger partial charge is 0.377 e. The van der Waals surface area contributed by atoms with Gasteiger partial charge in [0.1, 0.15) is 0 Å². The van der Waals surface area contributed by atoms with Crippen LogP contribution >= 0.6 is 27.5 Å². The van der Waals surface area contributed by atoms with Crippen LogP contribution in [0.15, 0.2) is 18.2 Å². The lowest BCUT2D eigenvalue weighted by molar-refractivity contribution is 0.0643. The fraction of sp³-hybridized carbons (Fsp3) is 0.538. The minimum Gasteiger partial charge on any atom is -0.377 e. The zero-order valence-corrected chi connectivity index (χ0v) is 12.5. The second kappa shape index (κ2) is 5.17. The van der Waals surface area contributed by atoms with Crippen molar-refractivity contribution in [2.75, 3.05) is 24.7 Å². The van der Waals surface area contributed by atoms with Crippen molar-refractivity contribution >= 4 is 33.2 Å². The molecule has 1 heterocycles. The van der Waals surface area contributed by atoms with Gasteiger partial charge in [0.05, 0.1) is 18.8 Å². The molecule has 0 aliphatic carbocycles. The van der Waals surface area contributed by atoms with E-state index in [1.807, 2.05) is 12.1 Å². The van der Waals surface area contributed by atoms with Gasteiger partial charge in [0, 0.05) is 28.1 Å². The molecule has 0 spiro atoms. The Bertz CT molecular complexity index is 408. The van der Waals surface area contributed by atoms with Gasteiger partial charge in [-0.3, -0.25) is 0 Å². The molecule has 1 aliphatic rings. The summed E-state index contributed by atoms with van der Waals surface area (Å²) in [6.45, 7) is 6.84. The van der Waals surface area contributed by atoms with E-state index in [-0.39, 0.29) is 5.54 Å². The van der Waals surface area contributed by atoms with E-state index in [9.17, 15) is 0 Å². The highest BCUT2D eigenvalue weighted by atomic mass is 79.9. The van der Waals surface area contributed by atoms with Crippen LogP contribution in [0.4, 0.5) is 5.69 Å². The Kier molecular flexibility index (Phi) is 4.01. The molecule has 1 aromatic carbocycles. The molecule has 1 fully saturated rings. The van der Waals surface area contributed by atoms with E-state index in [2.05, 4.69) is 40.7 Å². The first-order chi connectivity index (χ1) is 8.06. The molecule has 1 aliphatic heterocycles. The fourth-order valence-corrected chi connectivity index (χ4v) is 3.22. The maximum atomic E-state index is 6.25. The number of rotatable bonds is 2. The smallest absolute Gasteiger partial charge is 0.0694 e. The maximum Gasteiger partial charge on any atom is 0.0694 e. The Morgan fingerprint density at radius 3 is 2.88 bits per heavy atom. The van der Waals surface area contributed by atoms with Gasteiger partial charge < -0.3 is 9.64 Å². The first-order valence-corrected chi connectivity index (χ1v) is 7.25. The Morgan fingerprint density at radius 1 is 1.47 bits per heavy atom. The first kappa shape index (κ1) is 13.2. The molecule has 1 saturated heterocycles. The van der Waals surface area contributed by atoms with Crippen LogP contribution in [0.1, 0.15) is 19.4 Å². The van der Waals surface area contributed by atoms with Crippen molar-refractivity contribution in [1.29, 1.82) is 0 Å². The summed E-state index contributed by atoms with van der Waals surface area (Å²) in [6, 6.07) is 6.08. The summed E-state index contributed by atoms with van der Waals surface area (Å²) in [7, 11) is 0. The molecule has 0 aromatic heterocycles. The van der Waals surface area contributed by atoms with E-state index in [4.69, 9.17) is 16.3 Å². The highest BCUT2D eigenvalue weighted by Crippen LogP contribution is 2.34. The first-order valence-electron chi connectivity index (χ1n) is 5.75. The van der Waals surface area contributed by atoms with Crippen LogP contribution in [0.25, 0.3) is 0 Å². The molecule has 0 radical (unpaired) electrons. The number of hydrogen-bond donors (Lipinski definition) is 0. The van der Waals surface area contributed by atoms with Gasteiger partial charge in [0.2, 0.25) is 0 Å². The number of hydrogen-bond acceptors (Lipinski definition) is 2. The standard InChI is InChI=1S/C13H17BrClNO/c1-13(2)9-17-7-6-16(13)12-5-3-4-11(15)10(12)8-14/h3-5H,6-9H2,1-2H3. The van der Waals surface area contributed by atoms with Crippen LogP contribution in [0.5, 0.6) is 0 Å². The van der Waals surface area contributed by atoms with Gasteiger partial charge in [-0.1, -0.05) is 33.6 Å². The molecule has 0 saturated carbocycles. The molecule has 2 nitrogen and oxygen atoms in total. The quantitative estimate of drug-likeness (QED) is 0.768. The second-order valence-corrected chi connectivity index (χ2v) is 5.86. The third kappa shape index (κ3) is 2.61. The van der Waals surface area contributed by atoms with E-state index in [0.717, 1.165) is 35.7 Å². The van der Waals surface area contributed by atoms with Crippen LogP contribution in [-0.2, 0) is 10.1 Å². The lowest BCUT2D eigenvalue weighted by Gasteiger charge is -2.44. The zero-order chi connectivity index (χ0) is 12.5. The van der Waals surface area contributed by atoms with Gasteiger partial charge in [0.25, 0.3) is 0 Å². The number of alkyl halides is 1. The Hall–Kier alpha value is -0.250. The van der Waals surface area contributed by atoms with E-state index in [1.165, 1.54) is 5.69 Å². The third-order valence-corrected chi connectivity index (χ3v) is 4.08. The number of ether oxygens (including phenoxy) is 1. The van der Waals surface area contributed by atoms with Gasteiger partial charge >= 0.3 is 0 Å². The number of anilines is 1. The zero-order valence-electron chi connectivity index (χ0n) is 10.2. The molecule has 1 aromatic rings. The monoisotopic (exact) mass is 317 g/mol. The van der Waals surface area contributed by atoms with Gasteiger partial charge in [-0.05, 0) is 26.0 Å². The molecule has 0 amide bonds. The summed E-state index contributed by atoms with van der Waals surface area (Å²) < 4.78 is 5.55. The summed E-state index contributed by atoms with van der Waals surface area (Å²) in [6.07, 6.45) is 0. The molecule has 94 valence electrons. The van der Waals surface area contributed by atoms with Gasteiger partial charge in [-0.2, -0.15) is 0 Å². The summed E-state index contributed by atoms with van der Waals surface area (Å²) in [5.41, 5.74) is 2.38. The average Bonchev–Trinajstić information content (AvgIpc) is 2.28. The highest BCUT2D eigenvalue weighted by Gasteiger charge is 2.31.